The molecule has 29 heavy (non-hydrogen) atoms. The molecule has 1 heterocycles. The van der Waals surface area contributed by atoms with Gasteiger partial charge in [-0.1, -0.05) is 65.8 Å². The SMILES string of the molecule is CC(C)Cc1ccc(C(C)NC(=O)CSc2nnc(-c3ccc(Br)cc3)o2)cc1. The Morgan fingerprint density at radius 3 is 2.41 bits per heavy atom. The van der Waals surface area contributed by atoms with Gasteiger partial charge in [-0.05, 0) is 54.7 Å². The Labute approximate surface area is 183 Å². The molecule has 0 fully saturated rings. The molecular weight excluding hydrogens is 450 g/mol. The maximum atomic E-state index is 12.3. The van der Waals surface area contributed by atoms with Crippen molar-refractivity contribution in [2.24, 2.45) is 5.92 Å². The van der Waals surface area contributed by atoms with E-state index in [0.717, 1.165) is 22.0 Å². The fourth-order valence-electron chi connectivity index (χ4n) is 2.88. The van der Waals surface area contributed by atoms with Gasteiger partial charge in [0.15, 0.2) is 0 Å². The molecular formula is C22H24BrN3O2S. The van der Waals surface area contributed by atoms with Crippen LogP contribution in [0.5, 0.6) is 0 Å². The van der Waals surface area contributed by atoms with Crippen LogP contribution < -0.4 is 5.32 Å². The van der Waals surface area contributed by atoms with Crippen molar-refractivity contribution < 1.29 is 9.21 Å². The number of thioether (sulfide) groups is 1. The van der Waals surface area contributed by atoms with E-state index in [9.17, 15) is 4.79 Å². The predicted molar refractivity (Wildman–Crippen MR) is 120 cm³/mol. The second-order valence-corrected chi connectivity index (χ2v) is 9.14. The minimum absolute atomic E-state index is 0.0581. The van der Waals surface area contributed by atoms with Gasteiger partial charge < -0.3 is 9.73 Å². The molecule has 3 rings (SSSR count). The average Bonchev–Trinajstić information content (AvgIpc) is 3.16. The lowest BCUT2D eigenvalue weighted by molar-refractivity contribution is -0.119. The van der Waals surface area contributed by atoms with Gasteiger partial charge in [-0.25, -0.2) is 0 Å². The lowest BCUT2D eigenvalue weighted by atomic mass is 10.00. The highest BCUT2D eigenvalue weighted by Crippen LogP contribution is 2.24. The lowest BCUT2D eigenvalue weighted by Gasteiger charge is -2.15. The molecule has 0 saturated heterocycles. The van der Waals surface area contributed by atoms with Gasteiger partial charge in [0.1, 0.15) is 0 Å². The van der Waals surface area contributed by atoms with Gasteiger partial charge in [0.05, 0.1) is 11.8 Å². The first-order valence-corrected chi connectivity index (χ1v) is 11.3. The molecule has 1 N–H and O–H groups in total. The lowest BCUT2D eigenvalue weighted by Crippen LogP contribution is -2.28. The fourth-order valence-corrected chi connectivity index (χ4v) is 3.72. The molecule has 0 saturated carbocycles. The second-order valence-electron chi connectivity index (χ2n) is 7.30. The average molecular weight is 474 g/mol. The molecule has 5 nitrogen and oxygen atoms in total. The van der Waals surface area contributed by atoms with Crippen molar-refractivity contribution in [2.45, 2.75) is 38.5 Å². The van der Waals surface area contributed by atoms with Crippen molar-refractivity contribution in [2.75, 3.05) is 5.75 Å². The first kappa shape index (κ1) is 21.6. The summed E-state index contributed by atoms with van der Waals surface area (Å²) in [6.07, 6.45) is 1.06. The summed E-state index contributed by atoms with van der Waals surface area (Å²) in [7, 11) is 0. The number of aromatic nitrogens is 2. The Bertz CT molecular complexity index is 939. The zero-order valence-corrected chi connectivity index (χ0v) is 19.1. The highest BCUT2D eigenvalue weighted by molar-refractivity contribution is 9.10. The van der Waals surface area contributed by atoms with Crippen LogP contribution in [0.25, 0.3) is 11.5 Å². The van der Waals surface area contributed by atoms with Crippen LogP contribution in [0, 0.1) is 5.92 Å². The molecule has 152 valence electrons. The highest BCUT2D eigenvalue weighted by Gasteiger charge is 2.14. The van der Waals surface area contributed by atoms with E-state index in [4.69, 9.17) is 4.42 Å². The van der Waals surface area contributed by atoms with Gasteiger partial charge >= 0.3 is 0 Å². The van der Waals surface area contributed by atoms with Crippen molar-refractivity contribution >= 4 is 33.6 Å². The van der Waals surface area contributed by atoms with Crippen LogP contribution in [-0.4, -0.2) is 21.9 Å². The van der Waals surface area contributed by atoms with E-state index in [1.165, 1.54) is 17.3 Å². The quantitative estimate of drug-likeness (QED) is 0.427. The number of halogens is 1. The number of carbonyl (C=O) groups excluding carboxylic acids is 1. The molecule has 0 spiro atoms. The molecule has 0 radical (unpaired) electrons. The molecule has 2 aromatic carbocycles. The second kappa shape index (κ2) is 10.1. The third-order valence-corrected chi connectivity index (χ3v) is 5.67. The number of nitrogens with zero attached hydrogens (tertiary/aromatic N) is 2. The van der Waals surface area contributed by atoms with Crippen LogP contribution in [0.2, 0.25) is 0 Å². The van der Waals surface area contributed by atoms with Crippen molar-refractivity contribution in [3.63, 3.8) is 0 Å². The van der Waals surface area contributed by atoms with Crippen molar-refractivity contribution in [3.05, 3.63) is 64.1 Å². The number of rotatable bonds is 8. The van der Waals surface area contributed by atoms with Crippen LogP contribution in [0.4, 0.5) is 0 Å². The molecule has 1 aromatic heterocycles. The van der Waals surface area contributed by atoms with E-state index < -0.39 is 0 Å². The topological polar surface area (TPSA) is 68.0 Å². The van der Waals surface area contributed by atoms with Gasteiger partial charge in [-0.2, -0.15) is 0 Å². The third kappa shape index (κ3) is 6.44. The van der Waals surface area contributed by atoms with Crippen LogP contribution in [0.1, 0.15) is 37.9 Å². The Morgan fingerprint density at radius 2 is 1.76 bits per heavy atom. The Balaban J connectivity index is 1.50. The summed E-state index contributed by atoms with van der Waals surface area (Å²) in [5, 5.41) is 11.5. The number of benzene rings is 2. The maximum absolute atomic E-state index is 12.3. The maximum Gasteiger partial charge on any atom is 0.277 e. The standard InChI is InChI=1S/C22H24BrN3O2S/c1-14(2)12-16-4-6-17(7-5-16)15(3)24-20(27)13-29-22-26-25-21(28-22)18-8-10-19(23)11-9-18/h4-11,14-15H,12-13H2,1-3H3,(H,24,27). The van der Waals surface area contributed by atoms with Crippen molar-refractivity contribution in [3.8, 4) is 11.5 Å². The van der Waals surface area contributed by atoms with E-state index in [1.807, 2.05) is 31.2 Å². The molecule has 0 bridgehead atoms. The number of carbonyl (C=O) groups is 1. The van der Waals surface area contributed by atoms with Crippen LogP contribution in [0.3, 0.4) is 0 Å². The summed E-state index contributed by atoms with van der Waals surface area (Å²) in [5.74, 6) is 1.22. The van der Waals surface area contributed by atoms with E-state index in [-0.39, 0.29) is 17.7 Å². The predicted octanol–water partition coefficient (Wildman–Crippen LogP) is 5.67. The molecule has 1 atom stereocenters. The summed E-state index contributed by atoms with van der Waals surface area (Å²) in [5.41, 5.74) is 3.24. The first-order valence-electron chi connectivity index (χ1n) is 9.51. The summed E-state index contributed by atoms with van der Waals surface area (Å²) in [4.78, 5) is 12.3. The van der Waals surface area contributed by atoms with Gasteiger partial charge in [0.2, 0.25) is 11.8 Å². The largest absolute Gasteiger partial charge is 0.411 e. The highest BCUT2D eigenvalue weighted by atomic mass is 79.9. The minimum Gasteiger partial charge on any atom is -0.411 e. The molecule has 7 heteroatoms. The normalized spacial score (nSPS) is 12.2. The molecule has 0 aliphatic carbocycles. The van der Waals surface area contributed by atoms with Crippen molar-refractivity contribution in [1.29, 1.82) is 0 Å². The van der Waals surface area contributed by atoms with Crippen LogP contribution in [-0.2, 0) is 11.2 Å². The minimum atomic E-state index is -0.0721. The van der Waals surface area contributed by atoms with Gasteiger partial charge in [0, 0.05) is 10.0 Å². The van der Waals surface area contributed by atoms with Gasteiger partial charge in [0.25, 0.3) is 5.22 Å². The van der Waals surface area contributed by atoms with E-state index in [0.29, 0.717) is 17.0 Å². The first-order chi connectivity index (χ1) is 13.9. The molecule has 1 amide bonds. The number of amides is 1. The van der Waals surface area contributed by atoms with Crippen molar-refractivity contribution in [1.82, 2.24) is 15.5 Å². The fraction of sp³-hybridized carbons (Fsp3) is 0.318. The summed E-state index contributed by atoms with van der Waals surface area (Å²) in [6, 6.07) is 16.0. The number of nitrogens with one attached hydrogen (secondary N) is 1. The summed E-state index contributed by atoms with van der Waals surface area (Å²) < 4.78 is 6.62. The molecule has 0 aliphatic rings. The van der Waals surface area contributed by atoms with E-state index in [1.54, 1.807) is 0 Å². The van der Waals surface area contributed by atoms with E-state index >= 15 is 0 Å². The molecule has 1 unspecified atom stereocenters. The van der Waals surface area contributed by atoms with Gasteiger partial charge in [-0.15, -0.1) is 10.2 Å². The van der Waals surface area contributed by atoms with E-state index in [2.05, 4.69) is 69.6 Å². The number of hydrogen-bond acceptors (Lipinski definition) is 5. The monoisotopic (exact) mass is 473 g/mol. The molecule has 0 aliphatic heterocycles. The third-order valence-electron chi connectivity index (χ3n) is 4.33. The Morgan fingerprint density at radius 1 is 1.07 bits per heavy atom. The Hall–Kier alpha value is -2.12. The Kier molecular flexibility index (Phi) is 7.50. The smallest absolute Gasteiger partial charge is 0.277 e. The zero-order valence-electron chi connectivity index (χ0n) is 16.7. The number of hydrogen-bond donors (Lipinski definition) is 1. The van der Waals surface area contributed by atoms with Gasteiger partial charge in [-0.3, -0.25) is 4.79 Å². The molecule has 3 aromatic rings. The van der Waals surface area contributed by atoms with Crippen LogP contribution >= 0.6 is 27.7 Å². The summed E-state index contributed by atoms with van der Waals surface area (Å²) >= 11 is 4.63. The zero-order chi connectivity index (χ0) is 20.8. The van der Waals surface area contributed by atoms with Crippen LogP contribution in [0.15, 0.2) is 62.6 Å². The summed E-state index contributed by atoms with van der Waals surface area (Å²) in [6.45, 7) is 6.40.